The molecule has 0 spiro atoms. The van der Waals surface area contributed by atoms with Crippen LogP contribution in [0.15, 0.2) is 36.9 Å². The van der Waals surface area contributed by atoms with Crippen LogP contribution in [0.5, 0.6) is 0 Å². The number of benzene rings is 1. The lowest BCUT2D eigenvalue weighted by Crippen LogP contribution is -2.33. The minimum absolute atomic E-state index is 0.356. The van der Waals surface area contributed by atoms with Crippen molar-refractivity contribution in [1.82, 2.24) is 30.0 Å². The van der Waals surface area contributed by atoms with Crippen molar-refractivity contribution in [1.29, 1.82) is 0 Å². The highest BCUT2D eigenvalue weighted by Crippen LogP contribution is 2.24. The van der Waals surface area contributed by atoms with Crippen LogP contribution in [0.3, 0.4) is 0 Å². The van der Waals surface area contributed by atoms with Gasteiger partial charge in [0.2, 0.25) is 0 Å². The molecule has 1 aromatic carbocycles. The molecule has 0 unspecified atom stereocenters. The minimum Gasteiger partial charge on any atom is -0.328 e. The molecule has 9 heteroatoms. The van der Waals surface area contributed by atoms with Crippen LogP contribution in [0, 0.1) is 13.8 Å². The van der Waals surface area contributed by atoms with Crippen LogP contribution < -0.4 is 10.6 Å². The van der Waals surface area contributed by atoms with Crippen molar-refractivity contribution >= 4 is 23.3 Å². The second kappa shape index (κ2) is 7.49. The first-order valence-corrected chi connectivity index (χ1v) is 8.35. The van der Waals surface area contributed by atoms with Crippen LogP contribution in [0.4, 0.5) is 10.5 Å². The minimum atomic E-state index is -0.407. The molecule has 0 aliphatic heterocycles. The number of aryl methyl sites for hydroxylation is 2. The Morgan fingerprint density at radius 1 is 1.15 bits per heavy atom. The van der Waals surface area contributed by atoms with Crippen molar-refractivity contribution in [3.05, 3.63) is 58.9 Å². The number of hydrogen-bond acceptors (Lipinski definition) is 5. The molecule has 0 aliphatic carbocycles. The normalized spacial score (nSPS) is 11.8. The summed E-state index contributed by atoms with van der Waals surface area (Å²) in [7, 11) is 0. The standard InChI is InChI=1S/C17H18ClN7O/c1-10-8-14(11(2)7-13(10)18)24-17(26)23-12(3)15-21-9-22-25(15)16-19-5-4-6-20-16/h4-9,12H,1-3H3,(H2,23,24,26)/t12-/m0/s1. The number of halogens is 1. The summed E-state index contributed by atoms with van der Waals surface area (Å²) >= 11 is 6.09. The van der Waals surface area contributed by atoms with Crippen LogP contribution in [-0.2, 0) is 0 Å². The molecule has 0 bridgehead atoms. The third-order valence-corrected chi connectivity index (χ3v) is 4.21. The first-order valence-electron chi connectivity index (χ1n) is 7.97. The summed E-state index contributed by atoms with van der Waals surface area (Å²) in [6.45, 7) is 5.58. The predicted octanol–water partition coefficient (Wildman–Crippen LogP) is 3.21. The molecular formula is C17H18ClN7O. The fourth-order valence-corrected chi connectivity index (χ4v) is 2.65. The fourth-order valence-electron chi connectivity index (χ4n) is 2.44. The second-order valence-electron chi connectivity index (χ2n) is 5.82. The number of nitrogens with zero attached hydrogens (tertiary/aromatic N) is 5. The molecule has 3 rings (SSSR count). The van der Waals surface area contributed by atoms with Gasteiger partial charge in [0, 0.05) is 23.1 Å². The van der Waals surface area contributed by atoms with Gasteiger partial charge in [0.15, 0.2) is 5.82 Å². The van der Waals surface area contributed by atoms with E-state index < -0.39 is 6.04 Å². The quantitative estimate of drug-likeness (QED) is 0.733. The summed E-state index contributed by atoms with van der Waals surface area (Å²) in [4.78, 5) is 24.9. The zero-order chi connectivity index (χ0) is 18.7. The van der Waals surface area contributed by atoms with Crippen molar-refractivity contribution in [3.8, 4) is 5.95 Å². The van der Waals surface area contributed by atoms with Gasteiger partial charge in [-0.3, -0.25) is 0 Å². The van der Waals surface area contributed by atoms with Gasteiger partial charge in [0.25, 0.3) is 5.95 Å². The van der Waals surface area contributed by atoms with E-state index in [0.717, 1.165) is 11.1 Å². The van der Waals surface area contributed by atoms with Crippen LogP contribution in [-0.4, -0.2) is 30.8 Å². The Kier molecular flexibility index (Phi) is 5.13. The predicted molar refractivity (Wildman–Crippen MR) is 98.4 cm³/mol. The number of urea groups is 1. The lowest BCUT2D eigenvalue weighted by Gasteiger charge is -2.16. The molecule has 2 aromatic heterocycles. The molecular weight excluding hydrogens is 354 g/mol. The zero-order valence-corrected chi connectivity index (χ0v) is 15.3. The zero-order valence-electron chi connectivity index (χ0n) is 14.6. The second-order valence-corrected chi connectivity index (χ2v) is 6.22. The Morgan fingerprint density at radius 3 is 2.62 bits per heavy atom. The molecule has 1 atom stereocenters. The number of amides is 2. The molecule has 2 amide bonds. The average molecular weight is 372 g/mol. The summed E-state index contributed by atoms with van der Waals surface area (Å²) in [5.74, 6) is 0.911. The molecule has 0 aliphatic rings. The van der Waals surface area contributed by atoms with Crippen molar-refractivity contribution in [2.75, 3.05) is 5.32 Å². The van der Waals surface area contributed by atoms with Crippen LogP contribution >= 0.6 is 11.6 Å². The van der Waals surface area contributed by atoms with E-state index in [1.54, 1.807) is 18.5 Å². The molecule has 2 N–H and O–H groups in total. The Bertz CT molecular complexity index is 926. The van der Waals surface area contributed by atoms with Gasteiger partial charge in [-0.2, -0.15) is 9.78 Å². The van der Waals surface area contributed by atoms with Gasteiger partial charge < -0.3 is 10.6 Å². The number of rotatable bonds is 4. The van der Waals surface area contributed by atoms with Crippen molar-refractivity contribution in [3.63, 3.8) is 0 Å². The Hall–Kier alpha value is -3.00. The van der Waals surface area contributed by atoms with Gasteiger partial charge in [-0.15, -0.1) is 0 Å². The summed E-state index contributed by atoms with van der Waals surface area (Å²) < 4.78 is 1.49. The average Bonchev–Trinajstić information content (AvgIpc) is 3.10. The number of carbonyl (C=O) groups excluding carboxylic acids is 1. The maximum atomic E-state index is 12.4. The topological polar surface area (TPSA) is 97.6 Å². The largest absolute Gasteiger partial charge is 0.328 e. The highest BCUT2D eigenvalue weighted by Gasteiger charge is 2.18. The van der Waals surface area contributed by atoms with E-state index in [1.165, 1.54) is 11.0 Å². The monoisotopic (exact) mass is 371 g/mol. The molecule has 0 fully saturated rings. The Balaban J connectivity index is 1.73. The third-order valence-electron chi connectivity index (χ3n) is 3.80. The van der Waals surface area contributed by atoms with E-state index in [0.29, 0.717) is 22.5 Å². The van der Waals surface area contributed by atoms with Crippen LogP contribution in [0.25, 0.3) is 5.95 Å². The Morgan fingerprint density at radius 2 is 1.88 bits per heavy atom. The van der Waals surface area contributed by atoms with E-state index in [-0.39, 0.29) is 6.03 Å². The number of anilines is 1. The van der Waals surface area contributed by atoms with Gasteiger partial charge in [-0.1, -0.05) is 11.6 Å². The maximum absolute atomic E-state index is 12.4. The lowest BCUT2D eigenvalue weighted by atomic mass is 10.1. The SMILES string of the molecule is Cc1cc(NC(=O)N[C@@H](C)c2ncnn2-c2ncccn2)c(C)cc1Cl. The van der Waals surface area contributed by atoms with E-state index >= 15 is 0 Å². The molecule has 3 aromatic rings. The first-order chi connectivity index (χ1) is 12.5. The number of nitrogens with one attached hydrogen (secondary N) is 2. The van der Waals surface area contributed by atoms with Crippen molar-refractivity contribution in [2.24, 2.45) is 0 Å². The smallest absolute Gasteiger partial charge is 0.319 e. The van der Waals surface area contributed by atoms with Gasteiger partial charge >= 0.3 is 6.03 Å². The van der Waals surface area contributed by atoms with E-state index in [2.05, 4.69) is 30.7 Å². The molecule has 2 heterocycles. The summed E-state index contributed by atoms with van der Waals surface area (Å²) in [5.41, 5.74) is 2.47. The summed E-state index contributed by atoms with van der Waals surface area (Å²) in [5, 5.41) is 10.5. The first kappa shape index (κ1) is 17.8. The van der Waals surface area contributed by atoms with Gasteiger partial charge in [-0.05, 0) is 50.1 Å². The number of carbonyl (C=O) groups is 1. The molecule has 8 nitrogen and oxygen atoms in total. The van der Waals surface area contributed by atoms with Crippen LogP contribution in [0.2, 0.25) is 5.02 Å². The summed E-state index contributed by atoms with van der Waals surface area (Å²) in [6, 6.07) is 4.61. The van der Waals surface area contributed by atoms with E-state index in [1.807, 2.05) is 32.9 Å². The van der Waals surface area contributed by atoms with Gasteiger partial charge in [-0.25, -0.2) is 19.7 Å². The number of hydrogen-bond donors (Lipinski definition) is 2. The van der Waals surface area contributed by atoms with Crippen LogP contribution in [0.1, 0.15) is 29.9 Å². The molecule has 0 radical (unpaired) electrons. The van der Waals surface area contributed by atoms with E-state index in [9.17, 15) is 4.79 Å². The van der Waals surface area contributed by atoms with Gasteiger partial charge in [0.05, 0.1) is 6.04 Å². The molecule has 26 heavy (non-hydrogen) atoms. The van der Waals surface area contributed by atoms with Crippen molar-refractivity contribution < 1.29 is 4.79 Å². The lowest BCUT2D eigenvalue weighted by molar-refractivity contribution is 0.248. The Labute approximate surface area is 155 Å². The van der Waals surface area contributed by atoms with Crippen molar-refractivity contribution in [2.45, 2.75) is 26.8 Å². The van der Waals surface area contributed by atoms with Gasteiger partial charge in [0.1, 0.15) is 6.33 Å². The molecule has 0 saturated carbocycles. The van der Waals surface area contributed by atoms with E-state index in [4.69, 9.17) is 11.6 Å². The fraction of sp³-hybridized carbons (Fsp3) is 0.235. The molecule has 134 valence electrons. The molecule has 0 saturated heterocycles. The summed E-state index contributed by atoms with van der Waals surface area (Å²) in [6.07, 6.45) is 4.63. The number of aromatic nitrogens is 5. The highest BCUT2D eigenvalue weighted by molar-refractivity contribution is 6.31. The third kappa shape index (κ3) is 3.80. The maximum Gasteiger partial charge on any atom is 0.319 e. The highest BCUT2D eigenvalue weighted by atomic mass is 35.5.